The highest BCUT2D eigenvalue weighted by Crippen LogP contribution is 2.44. The van der Waals surface area contributed by atoms with Gasteiger partial charge in [-0.05, 0) is 55.3 Å². The van der Waals surface area contributed by atoms with Crippen molar-refractivity contribution < 1.29 is 14.3 Å². The van der Waals surface area contributed by atoms with E-state index in [1.54, 1.807) is 18.9 Å². The van der Waals surface area contributed by atoms with Gasteiger partial charge in [-0.3, -0.25) is 4.79 Å². The minimum absolute atomic E-state index is 0.122. The molecule has 1 aromatic heterocycles. The number of Topliss-reactive ketones (excluding diaryl/α,β-unsaturated/α-hetero) is 1. The van der Waals surface area contributed by atoms with Crippen LogP contribution in [0, 0.1) is 0 Å². The molecule has 33 heavy (non-hydrogen) atoms. The van der Waals surface area contributed by atoms with Gasteiger partial charge in [0.1, 0.15) is 17.5 Å². The first kappa shape index (κ1) is 21.1. The largest absolute Gasteiger partial charge is 0.497 e. The van der Waals surface area contributed by atoms with Crippen molar-refractivity contribution in [2.24, 2.45) is 0 Å². The van der Waals surface area contributed by atoms with E-state index in [-0.39, 0.29) is 5.78 Å². The van der Waals surface area contributed by atoms with E-state index < -0.39 is 6.04 Å². The van der Waals surface area contributed by atoms with Gasteiger partial charge < -0.3 is 19.7 Å². The molecule has 2 heterocycles. The molecule has 8 nitrogen and oxygen atoms in total. The van der Waals surface area contributed by atoms with Crippen molar-refractivity contribution in [2.75, 3.05) is 38.5 Å². The van der Waals surface area contributed by atoms with Crippen LogP contribution in [0.25, 0.3) is 11.4 Å². The fraction of sp³-hybridized carbons (Fsp3) is 0.320. The summed E-state index contributed by atoms with van der Waals surface area (Å²) in [6, 6.07) is 13.3. The maximum atomic E-state index is 13.1. The number of aromatic nitrogens is 3. The van der Waals surface area contributed by atoms with Crippen LogP contribution in [0.4, 0.5) is 11.6 Å². The molecular weight excluding hydrogens is 418 g/mol. The van der Waals surface area contributed by atoms with E-state index in [0.717, 1.165) is 40.9 Å². The Kier molecular flexibility index (Phi) is 5.28. The Balaban J connectivity index is 1.67. The lowest BCUT2D eigenvalue weighted by Gasteiger charge is -2.32. The molecule has 1 atom stereocenters. The molecule has 0 fully saturated rings. The van der Waals surface area contributed by atoms with E-state index in [0.29, 0.717) is 29.7 Å². The van der Waals surface area contributed by atoms with E-state index in [4.69, 9.17) is 19.6 Å². The molecule has 1 unspecified atom stereocenters. The van der Waals surface area contributed by atoms with Crippen molar-refractivity contribution in [3.05, 3.63) is 59.3 Å². The number of benzene rings is 2. The lowest BCUT2D eigenvalue weighted by Crippen LogP contribution is -2.31. The number of fused-ring (bicyclic) bond motifs is 1. The summed E-state index contributed by atoms with van der Waals surface area (Å²) in [5.74, 6) is 2.70. The summed E-state index contributed by atoms with van der Waals surface area (Å²) in [6.45, 7) is 0. The molecule has 2 aromatic carbocycles. The monoisotopic (exact) mass is 445 g/mol. The van der Waals surface area contributed by atoms with Crippen molar-refractivity contribution in [1.82, 2.24) is 14.8 Å². The molecule has 0 spiro atoms. The third-order valence-corrected chi connectivity index (χ3v) is 6.24. The summed E-state index contributed by atoms with van der Waals surface area (Å²) in [6.07, 6.45) is 2.13. The summed E-state index contributed by atoms with van der Waals surface area (Å²) < 4.78 is 13.0. The molecular formula is C25H27N5O3. The minimum atomic E-state index is -0.448. The molecule has 170 valence electrons. The third-order valence-electron chi connectivity index (χ3n) is 6.24. The number of ether oxygens (including phenoxy) is 2. The fourth-order valence-corrected chi connectivity index (χ4v) is 4.53. The van der Waals surface area contributed by atoms with Gasteiger partial charge in [-0.2, -0.15) is 4.98 Å². The third kappa shape index (κ3) is 3.61. The van der Waals surface area contributed by atoms with Crippen LogP contribution in [0.2, 0.25) is 0 Å². The smallest absolute Gasteiger partial charge is 0.226 e. The van der Waals surface area contributed by atoms with Crippen molar-refractivity contribution in [1.29, 1.82) is 0 Å². The van der Waals surface area contributed by atoms with Crippen molar-refractivity contribution >= 4 is 17.4 Å². The van der Waals surface area contributed by atoms with E-state index in [1.807, 2.05) is 61.5 Å². The fourth-order valence-electron chi connectivity index (χ4n) is 4.53. The number of rotatable bonds is 5. The highest BCUT2D eigenvalue weighted by atomic mass is 16.5. The standard InChI is InChI=1S/C25H27N5O3/c1-29(2)16-10-8-15(9-11-16)24-27-25-26-19-6-5-7-20(31)22(19)23(30(25)28-24)18-14-17(32-3)12-13-21(18)33-4/h8-14,23H,5-7H2,1-4H3,(H,26,27,28). The first-order valence-electron chi connectivity index (χ1n) is 11.0. The Morgan fingerprint density at radius 2 is 1.85 bits per heavy atom. The van der Waals surface area contributed by atoms with Crippen LogP contribution >= 0.6 is 0 Å². The van der Waals surface area contributed by atoms with Gasteiger partial charge in [0.15, 0.2) is 11.6 Å². The summed E-state index contributed by atoms with van der Waals surface area (Å²) in [5.41, 5.74) is 4.46. The zero-order valence-electron chi connectivity index (χ0n) is 19.3. The van der Waals surface area contributed by atoms with Gasteiger partial charge in [0.25, 0.3) is 0 Å². The number of carbonyl (C=O) groups is 1. The highest BCUT2D eigenvalue weighted by Gasteiger charge is 2.38. The maximum Gasteiger partial charge on any atom is 0.226 e. The SMILES string of the molecule is COc1ccc(OC)c(C2C3=C(CCCC3=O)Nc3nc(-c4ccc(N(C)C)cc4)nn32)c1. The number of carbonyl (C=O) groups excluding carboxylic acids is 1. The van der Waals surface area contributed by atoms with Crippen LogP contribution in [0.1, 0.15) is 30.9 Å². The van der Waals surface area contributed by atoms with Crippen LogP contribution in [0.15, 0.2) is 53.7 Å². The van der Waals surface area contributed by atoms with Crippen LogP contribution in [-0.4, -0.2) is 48.9 Å². The molecule has 0 amide bonds. The van der Waals surface area contributed by atoms with Crippen LogP contribution < -0.4 is 19.7 Å². The van der Waals surface area contributed by atoms with Crippen LogP contribution in [0.3, 0.4) is 0 Å². The van der Waals surface area contributed by atoms with Gasteiger partial charge in [0, 0.05) is 48.6 Å². The molecule has 1 aliphatic carbocycles. The zero-order chi connectivity index (χ0) is 23.1. The number of hydrogen-bond acceptors (Lipinski definition) is 7. The molecule has 0 saturated heterocycles. The molecule has 3 aromatic rings. The molecule has 0 saturated carbocycles. The highest BCUT2D eigenvalue weighted by molar-refractivity contribution is 5.99. The summed E-state index contributed by atoms with van der Waals surface area (Å²) in [7, 11) is 7.27. The Bertz CT molecular complexity index is 1240. The van der Waals surface area contributed by atoms with Crippen molar-refractivity contribution in [3.63, 3.8) is 0 Å². The minimum Gasteiger partial charge on any atom is -0.497 e. The predicted octanol–water partition coefficient (Wildman–Crippen LogP) is 4.05. The number of anilines is 2. The topological polar surface area (TPSA) is 81.5 Å². The molecule has 0 bridgehead atoms. The second kappa shape index (κ2) is 8.27. The second-order valence-electron chi connectivity index (χ2n) is 8.45. The molecule has 8 heteroatoms. The van der Waals surface area contributed by atoms with Crippen molar-refractivity contribution in [3.8, 4) is 22.9 Å². The average molecular weight is 446 g/mol. The number of nitrogens with zero attached hydrogens (tertiary/aromatic N) is 4. The number of ketones is 1. The molecule has 2 aliphatic rings. The zero-order valence-corrected chi connectivity index (χ0v) is 19.3. The first-order valence-corrected chi connectivity index (χ1v) is 11.0. The summed E-state index contributed by atoms with van der Waals surface area (Å²) in [4.78, 5) is 20.0. The first-order chi connectivity index (χ1) is 16.0. The summed E-state index contributed by atoms with van der Waals surface area (Å²) in [5, 5.41) is 8.24. The second-order valence-corrected chi connectivity index (χ2v) is 8.45. The van der Waals surface area contributed by atoms with Gasteiger partial charge in [0.2, 0.25) is 5.95 Å². The number of allylic oxidation sites excluding steroid dienone is 2. The van der Waals surface area contributed by atoms with Gasteiger partial charge in [-0.1, -0.05) is 0 Å². The quantitative estimate of drug-likeness (QED) is 0.634. The van der Waals surface area contributed by atoms with E-state index in [1.165, 1.54) is 0 Å². The molecule has 5 rings (SSSR count). The van der Waals surface area contributed by atoms with E-state index in [2.05, 4.69) is 5.32 Å². The number of hydrogen-bond donors (Lipinski definition) is 1. The van der Waals surface area contributed by atoms with Crippen LogP contribution in [0.5, 0.6) is 11.5 Å². The lowest BCUT2D eigenvalue weighted by atomic mass is 9.85. The summed E-state index contributed by atoms with van der Waals surface area (Å²) >= 11 is 0. The number of methoxy groups -OCH3 is 2. The van der Waals surface area contributed by atoms with Gasteiger partial charge >= 0.3 is 0 Å². The lowest BCUT2D eigenvalue weighted by molar-refractivity contribution is -0.116. The van der Waals surface area contributed by atoms with Gasteiger partial charge in [-0.25, -0.2) is 4.68 Å². The number of nitrogens with one attached hydrogen (secondary N) is 1. The van der Waals surface area contributed by atoms with Crippen LogP contribution in [-0.2, 0) is 4.79 Å². The van der Waals surface area contributed by atoms with Gasteiger partial charge in [0.05, 0.1) is 14.2 Å². The Morgan fingerprint density at radius 1 is 1.06 bits per heavy atom. The Labute approximate surface area is 192 Å². The van der Waals surface area contributed by atoms with Gasteiger partial charge in [-0.15, -0.1) is 5.10 Å². The molecule has 1 aliphatic heterocycles. The molecule has 0 radical (unpaired) electrons. The Morgan fingerprint density at radius 3 is 2.55 bits per heavy atom. The van der Waals surface area contributed by atoms with E-state index >= 15 is 0 Å². The van der Waals surface area contributed by atoms with E-state index in [9.17, 15) is 4.79 Å². The maximum absolute atomic E-state index is 13.1. The van der Waals surface area contributed by atoms with Crippen molar-refractivity contribution in [2.45, 2.75) is 25.3 Å². The average Bonchev–Trinajstić information content (AvgIpc) is 3.26. The Hall–Kier alpha value is -3.81. The normalized spacial score (nSPS) is 17.2. The molecule has 1 N–H and O–H groups in total. The predicted molar refractivity (Wildman–Crippen MR) is 127 cm³/mol.